The first kappa shape index (κ1) is 17.3. The Hall–Kier alpha value is -3.11. The van der Waals surface area contributed by atoms with E-state index in [1.807, 2.05) is 36.5 Å². The summed E-state index contributed by atoms with van der Waals surface area (Å²) in [4.78, 5) is 15.6. The molecule has 0 fully saturated rings. The summed E-state index contributed by atoms with van der Waals surface area (Å²) in [5.74, 6) is -0.711. The first-order chi connectivity index (χ1) is 13.1. The Labute approximate surface area is 160 Å². The molecule has 134 valence electrons. The van der Waals surface area contributed by atoms with Crippen molar-refractivity contribution in [1.82, 2.24) is 10.3 Å². The standard InChI is InChI=1S/C22H16ClFN2O/c23-19-5-3-6-20(24)18(19)13-26-22(27)15-10-8-14(9-11-15)17-12-25-21-7-2-1-4-16(17)21/h1-12,25H,13H2,(H,26,27). The highest BCUT2D eigenvalue weighted by Gasteiger charge is 2.11. The number of hydrogen-bond acceptors (Lipinski definition) is 1. The number of H-pyrrole nitrogens is 1. The Balaban J connectivity index is 1.51. The highest BCUT2D eigenvalue weighted by atomic mass is 35.5. The summed E-state index contributed by atoms with van der Waals surface area (Å²) >= 11 is 5.99. The molecule has 0 atom stereocenters. The molecule has 4 aromatic rings. The van der Waals surface area contributed by atoms with Gasteiger partial charge in [0.05, 0.1) is 0 Å². The Bertz CT molecular complexity index is 1100. The Kier molecular flexibility index (Phi) is 4.65. The maximum Gasteiger partial charge on any atom is 0.251 e. The second-order valence-corrected chi connectivity index (χ2v) is 6.62. The summed E-state index contributed by atoms with van der Waals surface area (Å²) < 4.78 is 13.8. The van der Waals surface area contributed by atoms with E-state index in [9.17, 15) is 9.18 Å². The van der Waals surface area contributed by atoms with Crippen molar-refractivity contribution >= 4 is 28.4 Å². The normalized spacial score (nSPS) is 10.9. The molecular weight excluding hydrogens is 363 g/mol. The number of hydrogen-bond donors (Lipinski definition) is 2. The van der Waals surface area contributed by atoms with E-state index in [-0.39, 0.29) is 18.0 Å². The topological polar surface area (TPSA) is 44.9 Å². The zero-order valence-corrected chi connectivity index (χ0v) is 15.1. The fraction of sp³-hybridized carbons (Fsp3) is 0.0455. The van der Waals surface area contributed by atoms with Crippen LogP contribution in [0.15, 0.2) is 72.9 Å². The number of benzene rings is 3. The van der Waals surface area contributed by atoms with Gasteiger partial charge in [0.1, 0.15) is 5.82 Å². The van der Waals surface area contributed by atoms with Crippen LogP contribution in [0.4, 0.5) is 4.39 Å². The van der Waals surface area contributed by atoms with Crippen LogP contribution in [0.25, 0.3) is 22.0 Å². The van der Waals surface area contributed by atoms with Gasteiger partial charge < -0.3 is 10.3 Å². The van der Waals surface area contributed by atoms with Crippen LogP contribution in [0, 0.1) is 5.82 Å². The molecule has 1 amide bonds. The van der Waals surface area contributed by atoms with Gasteiger partial charge in [0.25, 0.3) is 5.91 Å². The minimum absolute atomic E-state index is 0.0362. The molecule has 0 aliphatic carbocycles. The molecular formula is C22H16ClFN2O. The molecule has 3 aromatic carbocycles. The van der Waals surface area contributed by atoms with Gasteiger partial charge in [0.15, 0.2) is 0 Å². The van der Waals surface area contributed by atoms with Gasteiger partial charge in [-0.2, -0.15) is 0 Å². The molecule has 0 bridgehead atoms. The van der Waals surface area contributed by atoms with E-state index in [0.29, 0.717) is 10.6 Å². The quantitative estimate of drug-likeness (QED) is 0.480. The van der Waals surface area contributed by atoms with Crippen LogP contribution in [0.2, 0.25) is 5.02 Å². The zero-order valence-electron chi connectivity index (χ0n) is 14.3. The van der Waals surface area contributed by atoms with Gasteiger partial charge in [-0.1, -0.05) is 48.0 Å². The molecule has 0 spiro atoms. The number of halogens is 2. The molecule has 5 heteroatoms. The van der Waals surface area contributed by atoms with Crippen molar-refractivity contribution < 1.29 is 9.18 Å². The maximum absolute atomic E-state index is 13.8. The monoisotopic (exact) mass is 378 g/mol. The molecule has 0 radical (unpaired) electrons. The fourth-order valence-corrected chi connectivity index (χ4v) is 3.31. The van der Waals surface area contributed by atoms with Gasteiger partial charge in [0, 0.05) is 45.4 Å². The van der Waals surface area contributed by atoms with E-state index >= 15 is 0 Å². The van der Waals surface area contributed by atoms with Crippen LogP contribution in [0.1, 0.15) is 15.9 Å². The second-order valence-electron chi connectivity index (χ2n) is 6.21. The summed E-state index contributed by atoms with van der Waals surface area (Å²) in [5, 5.41) is 4.14. The Morgan fingerprint density at radius 2 is 1.78 bits per heavy atom. The van der Waals surface area contributed by atoms with E-state index in [1.165, 1.54) is 12.1 Å². The van der Waals surface area contributed by atoms with E-state index in [2.05, 4.69) is 16.4 Å². The Morgan fingerprint density at radius 3 is 2.56 bits per heavy atom. The molecule has 1 heterocycles. The van der Waals surface area contributed by atoms with Crippen molar-refractivity contribution in [3.05, 3.63) is 94.9 Å². The van der Waals surface area contributed by atoms with Crippen molar-refractivity contribution in [3.8, 4) is 11.1 Å². The molecule has 0 aliphatic heterocycles. The number of carbonyl (C=O) groups is 1. The van der Waals surface area contributed by atoms with Crippen LogP contribution >= 0.6 is 11.6 Å². The average molecular weight is 379 g/mol. The summed E-state index contributed by atoms with van der Waals surface area (Å²) in [6.45, 7) is 0.0362. The van der Waals surface area contributed by atoms with Crippen molar-refractivity contribution in [2.24, 2.45) is 0 Å². The molecule has 0 unspecified atom stereocenters. The number of aromatic nitrogens is 1. The van der Waals surface area contributed by atoms with Crippen molar-refractivity contribution in [3.63, 3.8) is 0 Å². The van der Waals surface area contributed by atoms with Gasteiger partial charge >= 0.3 is 0 Å². The first-order valence-corrected chi connectivity index (χ1v) is 8.89. The maximum atomic E-state index is 13.8. The third kappa shape index (κ3) is 3.44. The zero-order chi connectivity index (χ0) is 18.8. The first-order valence-electron chi connectivity index (χ1n) is 8.51. The lowest BCUT2D eigenvalue weighted by molar-refractivity contribution is 0.0950. The molecule has 1 aromatic heterocycles. The van der Waals surface area contributed by atoms with Crippen LogP contribution < -0.4 is 5.32 Å². The van der Waals surface area contributed by atoms with Gasteiger partial charge in [-0.25, -0.2) is 4.39 Å². The minimum atomic E-state index is -0.433. The van der Waals surface area contributed by atoms with E-state index in [0.717, 1.165) is 22.0 Å². The number of rotatable bonds is 4. The van der Waals surface area contributed by atoms with E-state index < -0.39 is 5.82 Å². The molecule has 0 saturated carbocycles. The highest BCUT2D eigenvalue weighted by Crippen LogP contribution is 2.28. The molecule has 0 saturated heterocycles. The molecule has 27 heavy (non-hydrogen) atoms. The smallest absolute Gasteiger partial charge is 0.251 e. The van der Waals surface area contributed by atoms with Crippen molar-refractivity contribution in [2.45, 2.75) is 6.54 Å². The van der Waals surface area contributed by atoms with Gasteiger partial charge in [0.2, 0.25) is 0 Å². The lowest BCUT2D eigenvalue weighted by Crippen LogP contribution is -2.23. The predicted octanol–water partition coefficient (Wildman–Crippen LogP) is 5.56. The molecule has 2 N–H and O–H groups in total. The number of para-hydroxylation sites is 1. The lowest BCUT2D eigenvalue weighted by atomic mass is 10.0. The van der Waals surface area contributed by atoms with Crippen LogP contribution in [0.5, 0.6) is 0 Å². The van der Waals surface area contributed by atoms with Gasteiger partial charge in [-0.3, -0.25) is 4.79 Å². The minimum Gasteiger partial charge on any atom is -0.361 e. The third-order valence-electron chi connectivity index (χ3n) is 4.53. The fourth-order valence-electron chi connectivity index (χ4n) is 3.08. The van der Waals surface area contributed by atoms with Crippen molar-refractivity contribution in [2.75, 3.05) is 0 Å². The third-order valence-corrected chi connectivity index (χ3v) is 4.89. The predicted molar refractivity (Wildman–Crippen MR) is 106 cm³/mol. The number of fused-ring (bicyclic) bond motifs is 1. The molecule has 3 nitrogen and oxygen atoms in total. The van der Waals surface area contributed by atoms with E-state index in [4.69, 9.17) is 11.6 Å². The molecule has 4 rings (SSSR count). The summed E-state index contributed by atoms with van der Waals surface area (Å²) in [7, 11) is 0. The van der Waals surface area contributed by atoms with Crippen LogP contribution in [0.3, 0.4) is 0 Å². The number of nitrogens with one attached hydrogen (secondary N) is 2. The Morgan fingerprint density at radius 1 is 1.00 bits per heavy atom. The van der Waals surface area contributed by atoms with E-state index in [1.54, 1.807) is 18.2 Å². The van der Waals surface area contributed by atoms with Crippen LogP contribution in [-0.4, -0.2) is 10.9 Å². The van der Waals surface area contributed by atoms with Crippen molar-refractivity contribution in [1.29, 1.82) is 0 Å². The molecule has 0 aliphatic rings. The summed E-state index contributed by atoms with van der Waals surface area (Å²) in [6.07, 6.45) is 1.96. The SMILES string of the molecule is O=C(NCc1c(F)cccc1Cl)c1ccc(-c2c[nH]c3ccccc23)cc1. The number of carbonyl (C=O) groups excluding carboxylic acids is 1. The number of aromatic amines is 1. The summed E-state index contributed by atoms with van der Waals surface area (Å²) in [6, 6.07) is 19.8. The second kappa shape index (κ2) is 7.25. The van der Waals surface area contributed by atoms with Crippen LogP contribution in [-0.2, 0) is 6.54 Å². The largest absolute Gasteiger partial charge is 0.361 e. The number of amides is 1. The summed E-state index contributed by atoms with van der Waals surface area (Å²) in [5.41, 5.74) is 3.95. The lowest BCUT2D eigenvalue weighted by Gasteiger charge is -2.08. The average Bonchev–Trinajstić information content (AvgIpc) is 3.12. The van der Waals surface area contributed by atoms with Gasteiger partial charge in [-0.15, -0.1) is 0 Å². The highest BCUT2D eigenvalue weighted by molar-refractivity contribution is 6.31. The van der Waals surface area contributed by atoms with Gasteiger partial charge in [-0.05, 0) is 35.9 Å².